The highest BCUT2D eigenvalue weighted by Crippen LogP contribution is 2.31. The Labute approximate surface area is 118 Å². The van der Waals surface area contributed by atoms with Crippen molar-refractivity contribution in [2.45, 2.75) is 26.4 Å². The van der Waals surface area contributed by atoms with E-state index in [-0.39, 0.29) is 6.61 Å². The van der Waals surface area contributed by atoms with Crippen LogP contribution >= 0.6 is 0 Å². The molecule has 2 aromatic carbocycles. The zero-order valence-corrected chi connectivity index (χ0v) is 11.9. The molecular weight excluding hydrogens is 254 g/mol. The molecule has 0 saturated carbocycles. The second-order valence-electron chi connectivity index (χ2n) is 5.45. The number of oxime groups is 1. The highest BCUT2D eigenvalue weighted by molar-refractivity contribution is 6.06. The quantitative estimate of drug-likeness (QED) is 0.511. The molecule has 0 bridgehead atoms. The molecule has 0 amide bonds. The molecule has 4 nitrogen and oxygen atoms in total. The SMILES string of the molecule is C/C(=N\O)c1ccc2ccccc2c1OCC(C)(C)O. The van der Waals surface area contributed by atoms with Crippen LogP contribution in [0.5, 0.6) is 5.75 Å². The van der Waals surface area contributed by atoms with E-state index in [0.29, 0.717) is 11.5 Å². The van der Waals surface area contributed by atoms with Crippen LogP contribution < -0.4 is 4.74 Å². The van der Waals surface area contributed by atoms with E-state index < -0.39 is 5.60 Å². The van der Waals surface area contributed by atoms with Gasteiger partial charge in [0.2, 0.25) is 0 Å². The van der Waals surface area contributed by atoms with Crippen LogP contribution in [0.1, 0.15) is 26.3 Å². The van der Waals surface area contributed by atoms with Gasteiger partial charge in [-0.25, -0.2) is 0 Å². The van der Waals surface area contributed by atoms with Gasteiger partial charge in [-0.1, -0.05) is 35.5 Å². The van der Waals surface area contributed by atoms with Crippen LogP contribution in [0.4, 0.5) is 0 Å². The summed E-state index contributed by atoms with van der Waals surface area (Å²) in [6, 6.07) is 11.6. The van der Waals surface area contributed by atoms with Crippen molar-refractivity contribution in [2.75, 3.05) is 6.61 Å². The lowest BCUT2D eigenvalue weighted by Crippen LogP contribution is -2.28. The van der Waals surface area contributed by atoms with Crippen molar-refractivity contribution in [2.24, 2.45) is 5.16 Å². The number of hydrogen-bond donors (Lipinski definition) is 2. The first-order chi connectivity index (χ1) is 9.42. The molecule has 4 heteroatoms. The molecule has 0 aliphatic heterocycles. The molecular formula is C16H19NO3. The summed E-state index contributed by atoms with van der Waals surface area (Å²) >= 11 is 0. The maximum absolute atomic E-state index is 9.83. The third kappa shape index (κ3) is 3.08. The Hall–Kier alpha value is -2.07. The highest BCUT2D eigenvalue weighted by atomic mass is 16.5. The van der Waals surface area contributed by atoms with E-state index in [9.17, 15) is 5.11 Å². The van der Waals surface area contributed by atoms with Gasteiger partial charge in [0.05, 0.1) is 11.3 Å². The molecule has 0 aliphatic carbocycles. The number of nitrogens with zero attached hydrogens (tertiary/aromatic N) is 1. The van der Waals surface area contributed by atoms with Gasteiger partial charge in [0.15, 0.2) is 0 Å². The minimum absolute atomic E-state index is 0.159. The molecule has 20 heavy (non-hydrogen) atoms. The Morgan fingerprint density at radius 1 is 1.20 bits per heavy atom. The smallest absolute Gasteiger partial charge is 0.136 e. The number of hydrogen-bond acceptors (Lipinski definition) is 4. The van der Waals surface area contributed by atoms with Crippen LogP contribution in [-0.2, 0) is 0 Å². The van der Waals surface area contributed by atoms with Crippen molar-refractivity contribution in [3.8, 4) is 5.75 Å². The molecule has 0 atom stereocenters. The Bertz CT molecular complexity index is 642. The summed E-state index contributed by atoms with van der Waals surface area (Å²) in [5.74, 6) is 0.625. The van der Waals surface area contributed by atoms with Gasteiger partial charge in [0.25, 0.3) is 0 Å². The fourth-order valence-corrected chi connectivity index (χ4v) is 1.99. The molecule has 0 unspecified atom stereocenters. The van der Waals surface area contributed by atoms with E-state index >= 15 is 0 Å². The van der Waals surface area contributed by atoms with Crippen molar-refractivity contribution in [3.63, 3.8) is 0 Å². The normalized spacial score (nSPS) is 12.7. The topological polar surface area (TPSA) is 62.1 Å². The summed E-state index contributed by atoms with van der Waals surface area (Å²) in [6.45, 7) is 5.24. The van der Waals surface area contributed by atoms with Crippen molar-refractivity contribution >= 4 is 16.5 Å². The van der Waals surface area contributed by atoms with Crippen molar-refractivity contribution in [1.29, 1.82) is 0 Å². The molecule has 0 spiro atoms. The molecule has 0 fully saturated rings. The average Bonchev–Trinajstić information content (AvgIpc) is 2.42. The van der Waals surface area contributed by atoms with Gasteiger partial charge >= 0.3 is 0 Å². The summed E-state index contributed by atoms with van der Waals surface area (Å²) in [6.07, 6.45) is 0. The molecule has 2 rings (SSSR count). The average molecular weight is 273 g/mol. The molecule has 106 valence electrons. The molecule has 0 aliphatic rings. The maximum Gasteiger partial charge on any atom is 0.136 e. The Morgan fingerprint density at radius 3 is 2.55 bits per heavy atom. The van der Waals surface area contributed by atoms with Crippen LogP contribution in [0.2, 0.25) is 0 Å². The van der Waals surface area contributed by atoms with Crippen LogP contribution in [-0.4, -0.2) is 28.2 Å². The fraction of sp³-hybridized carbons (Fsp3) is 0.312. The van der Waals surface area contributed by atoms with Gasteiger partial charge in [-0.05, 0) is 32.2 Å². The van der Waals surface area contributed by atoms with Crippen LogP contribution in [0.3, 0.4) is 0 Å². The van der Waals surface area contributed by atoms with E-state index in [2.05, 4.69) is 5.16 Å². The number of rotatable bonds is 4. The number of ether oxygens (including phenoxy) is 1. The number of aliphatic hydroxyl groups is 1. The fourth-order valence-electron chi connectivity index (χ4n) is 1.99. The maximum atomic E-state index is 9.83. The van der Waals surface area contributed by atoms with Crippen molar-refractivity contribution in [3.05, 3.63) is 42.0 Å². The van der Waals surface area contributed by atoms with Gasteiger partial charge in [-0.2, -0.15) is 0 Å². The minimum atomic E-state index is -0.932. The second-order valence-corrected chi connectivity index (χ2v) is 5.45. The summed E-state index contributed by atoms with van der Waals surface area (Å²) in [5, 5.41) is 24.0. The van der Waals surface area contributed by atoms with Crippen LogP contribution in [0.25, 0.3) is 10.8 Å². The molecule has 2 N–H and O–H groups in total. The molecule has 0 heterocycles. The second kappa shape index (κ2) is 5.51. The van der Waals surface area contributed by atoms with Gasteiger partial charge in [0, 0.05) is 10.9 Å². The molecule has 0 aromatic heterocycles. The van der Waals surface area contributed by atoms with Crippen molar-refractivity contribution < 1.29 is 15.1 Å². The first kappa shape index (κ1) is 14.3. The van der Waals surface area contributed by atoms with E-state index in [1.54, 1.807) is 20.8 Å². The first-order valence-electron chi connectivity index (χ1n) is 6.48. The third-order valence-corrected chi connectivity index (χ3v) is 2.99. The minimum Gasteiger partial charge on any atom is -0.489 e. The Kier molecular flexibility index (Phi) is 3.95. The van der Waals surface area contributed by atoms with E-state index in [4.69, 9.17) is 9.94 Å². The highest BCUT2D eigenvalue weighted by Gasteiger charge is 2.17. The first-order valence-corrected chi connectivity index (χ1v) is 6.48. The van der Waals surface area contributed by atoms with Crippen LogP contribution in [0, 0.1) is 0 Å². The zero-order valence-electron chi connectivity index (χ0n) is 11.9. The predicted octanol–water partition coefficient (Wildman–Crippen LogP) is 3.19. The summed E-state index contributed by atoms with van der Waals surface area (Å²) in [4.78, 5) is 0. The number of fused-ring (bicyclic) bond motifs is 1. The van der Waals surface area contributed by atoms with Crippen molar-refractivity contribution in [1.82, 2.24) is 0 Å². The van der Waals surface area contributed by atoms with E-state index in [1.165, 1.54) is 0 Å². The standard InChI is InChI=1S/C16H19NO3/c1-11(17-19)13-9-8-12-6-4-5-7-14(12)15(13)20-10-16(2,3)18/h4-9,18-19H,10H2,1-3H3/b17-11+. The summed E-state index contributed by atoms with van der Waals surface area (Å²) in [5.41, 5.74) is 0.260. The molecule has 0 saturated heterocycles. The summed E-state index contributed by atoms with van der Waals surface area (Å²) in [7, 11) is 0. The van der Waals surface area contributed by atoms with Gasteiger partial charge < -0.3 is 15.1 Å². The van der Waals surface area contributed by atoms with Gasteiger partial charge in [0.1, 0.15) is 12.4 Å². The lowest BCUT2D eigenvalue weighted by molar-refractivity contribution is 0.0290. The van der Waals surface area contributed by atoms with E-state index in [1.807, 2.05) is 36.4 Å². The largest absolute Gasteiger partial charge is 0.489 e. The Morgan fingerprint density at radius 2 is 1.90 bits per heavy atom. The zero-order chi connectivity index (χ0) is 14.8. The van der Waals surface area contributed by atoms with E-state index in [0.717, 1.165) is 16.3 Å². The van der Waals surface area contributed by atoms with Gasteiger partial charge in [-0.15, -0.1) is 0 Å². The third-order valence-electron chi connectivity index (χ3n) is 2.99. The van der Waals surface area contributed by atoms with Crippen LogP contribution in [0.15, 0.2) is 41.6 Å². The molecule has 0 radical (unpaired) electrons. The Balaban J connectivity index is 2.56. The van der Waals surface area contributed by atoms with Gasteiger partial charge in [-0.3, -0.25) is 0 Å². The summed E-state index contributed by atoms with van der Waals surface area (Å²) < 4.78 is 5.80. The number of benzene rings is 2. The monoisotopic (exact) mass is 273 g/mol. The lowest BCUT2D eigenvalue weighted by atomic mass is 10.0. The molecule has 2 aromatic rings. The predicted molar refractivity (Wildman–Crippen MR) is 79.7 cm³/mol. The lowest BCUT2D eigenvalue weighted by Gasteiger charge is -2.20.